The fraction of sp³-hybridized carbons (Fsp3) is 0.538. The highest BCUT2D eigenvalue weighted by Gasteiger charge is 2.02. The maximum atomic E-state index is 5.66. The first-order valence-electron chi connectivity index (χ1n) is 5.71. The summed E-state index contributed by atoms with van der Waals surface area (Å²) in [4.78, 5) is 0. The van der Waals surface area contributed by atoms with E-state index >= 15 is 0 Å². The van der Waals surface area contributed by atoms with Crippen molar-refractivity contribution in [2.24, 2.45) is 0 Å². The minimum Gasteiger partial charge on any atom is -0.377 e. The molecule has 0 aliphatic carbocycles. The summed E-state index contributed by atoms with van der Waals surface area (Å²) >= 11 is 0. The molecule has 1 atom stereocenters. The van der Waals surface area contributed by atoms with Crippen LogP contribution in [0.15, 0.2) is 30.3 Å². The third kappa shape index (κ3) is 5.85. The van der Waals surface area contributed by atoms with E-state index in [0.29, 0.717) is 13.2 Å². The summed E-state index contributed by atoms with van der Waals surface area (Å²) in [5, 5.41) is 3.03. The summed E-state index contributed by atoms with van der Waals surface area (Å²) in [7, 11) is 1.92. The summed E-state index contributed by atoms with van der Waals surface area (Å²) in [6.07, 6.45) is 0.136. The quantitative estimate of drug-likeness (QED) is 0.682. The van der Waals surface area contributed by atoms with Crippen LogP contribution in [0.3, 0.4) is 0 Å². The van der Waals surface area contributed by atoms with Gasteiger partial charge in [0.05, 0.1) is 25.9 Å². The zero-order valence-electron chi connectivity index (χ0n) is 10.1. The monoisotopic (exact) mass is 223 g/mol. The molecule has 1 aromatic rings. The van der Waals surface area contributed by atoms with Gasteiger partial charge in [0.1, 0.15) is 0 Å². The van der Waals surface area contributed by atoms with Gasteiger partial charge >= 0.3 is 0 Å². The first-order chi connectivity index (χ1) is 7.83. The predicted octanol–water partition coefficient (Wildman–Crippen LogP) is 1.83. The van der Waals surface area contributed by atoms with E-state index in [1.807, 2.05) is 32.2 Å². The van der Waals surface area contributed by atoms with Gasteiger partial charge in [0, 0.05) is 6.54 Å². The zero-order valence-corrected chi connectivity index (χ0v) is 10.1. The molecular formula is C13H21NO2. The van der Waals surface area contributed by atoms with Crippen LogP contribution in [0.5, 0.6) is 0 Å². The van der Waals surface area contributed by atoms with Crippen LogP contribution in [0.2, 0.25) is 0 Å². The number of nitrogens with one attached hydrogen (secondary N) is 1. The smallest absolute Gasteiger partial charge is 0.0785 e. The van der Waals surface area contributed by atoms with Gasteiger partial charge in [0.25, 0.3) is 0 Å². The fourth-order valence-corrected chi connectivity index (χ4v) is 1.28. The van der Waals surface area contributed by atoms with Crippen LogP contribution < -0.4 is 5.32 Å². The van der Waals surface area contributed by atoms with Gasteiger partial charge in [-0.05, 0) is 19.5 Å². The summed E-state index contributed by atoms with van der Waals surface area (Å²) in [5.41, 5.74) is 1.20. The third-order valence-electron chi connectivity index (χ3n) is 2.23. The Morgan fingerprint density at radius 2 is 2.00 bits per heavy atom. The molecule has 0 aliphatic heterocycles. The second-order valence-corrected chi connectivity index (χ2v) is 3.79. The maximum absolute atomic E-state index is 5.66. The Kier molecular flexibility index (Phi) is 6.81. The summed E-state index contributed by atoms with van der Waals surface area (Å²) in [6.45, 7) is 4.94. The lowest BCUT2D eigenvalue weighted by molar-refractivity contribution is -0.0137. The number of hydrogen-bond donors (Lipinski definition) is 1. The van der Waals surface area contributed by atoms with Crippen molar-refractivity contribution in [3.05, 3.63) is 35.9 Å². The molecule has 0 saturated heterocycles. The van der Waals surface area contributed by atoms with Crippen LogP contribution >= 0.6 is 0 Å². The molecule has 3 nitrogen and oxygen atoms in total. The van der Waals surface area contributed by atoms with E-state index in [9.17, 15) is 0 Å². The van der Waals surface area contributed by atoms with Crippen LogP contribution in [0.1, 0.15) is 12.5 Å². The van der Waals surface area contributed by atoms with Gasteiger partial charge in [-0.2, -0.15) is 0 Å². The molecule has 0 saturated carbocycles. The minimum absolute atomic E-state index is 0.136. The molecule has 1 N–H and O–H groups in total. The molecule has 0 unspecified atom stereocenters. The van der Waals surface area contributed by atoms with Crippen molar-refractivity contribution in [2.45, 2.75) is 19.6 Å². The van der Waals surface area contributed by atoms with E-state index in [1.165, 1.54) is 5.56 Å². The van der Waals surface area contributed by atoms with Gasteiger partial charge in [-0.1, -0.05) is 30.3 Å². The van der Waals surface area contributed by atoms with Crippen LogP contribution in [0.4, 0.5) is 0 Å². The van der Waals surface area contributed by atoms with E-state index in [4.69, 9.17) is 9.47 Å². The first-order valence-corrected chi connectivity index (χ1v) is 5.71. The van der Waals surface area contributed by atoms with Gasteiger partial charge < -0.3 is 14.8 Å². The minimum atomic E-state index is 0.136. The normalized spacial score (nSPS) is 12.6. The van der Waals surface area contributed by atoms with Crippen LogP contribution in [-0.4, -0.2) is 32.9 Å². The molecule has 0 spiro atoms. The SMILES string of the molecule is CNCCOC[C@@H](C)OCc1ccccc1. The van der Waals surface area contributed by atoms with E-state index in [2.05, 4.69) is 17.4 Å². The van der Waals surface area contributed by atoms with E-state index in [-0.39, 0.29) is 6.10 Å². The molecule has 0 fully saturated rings. The average molecular weight is 223 g/mol. The van der Waals surface area contributed by atoms with Crippen molar-refractivity contribution < 1.29 is 9.47 Å². The standard InChI is InChI=1S/C13H21NO2/c1-12(10-15-9-8-14-2)16-11-13-6-4-3-5-7-13/h3-7,12,14H,8-11H2,1-2H3/t12-/m1/s1. The van der Waals surface area contributed by atoms with Crippen LogP contribution in [0, 0.1) is 0 Å². The highest BCUT2D eigenvalue weighted by Crippen LogP contribution is 2.03. The van der Waals surface area contributed by atoms with E-state index in [0.717, 1.165) is 13.2 Å². The van der Waals surface area contributed by atoms with Crippen molar-refractivity contribution in [3.63, 3.8) is 0 Å². The lowest BCUT2D eigenvalue weighted by Gasteiger charge is -2.13. The Labute approximate surface area is 97.8 Å². The van der Waals surface area contributed by atoms with E-state index < -0.39 is 0 Å². The zero-order chi connectivity index (χ0) is 11.6. The first kappa shape index (κ1) is 13.2. The molecule has 90 valence electrons. The van der Waals surface area contributed by atoms with Gasteiger partial charge in [-0.15, -0.1) is 0 Å². The summed E-state index contributed by atoms with van der Waals surface area (Å²) in [5.74, 6) is 0. The molecule has 3 heteroatoms. The van der Waals surface area contributed by atoms with E-state index in [1.54, 1.807) is 0 Å². The molecule has 0 amide bonds. The number of rotatable bonds is 8. The topological polar surface area (TPSA) is 30.5 Å². The highest BCUT2D eigenvalue weighted by atomic mass is 16.5. The third-order valence-corrected chi connectivity index (χ3v) is 2.23. The molecule has 16 heavy (non-hydrogen) atoms. The lowest BCUT2D eigenvalue weighted by Crippen LogP contribution is -2.20. The Balaban J connectivity index is 2.08. The highest BCUT2D eigenvalue weighted by molar-refractivity contribution is 5.13. The van der Waals surface area contributed by atoms with Crippen molar-refractivity contribution in [2.75, 3.05) is 26.8 Å². The molecular weight excluding hydrogens is 202 g/mol. The van der Waals surface area contributed by atoms with Gasteiger partial charge in [0.15, 0.2) is 0 Å². The molecule has 0 aliphatic rings. The fourth-order valence-electron chi connectivity index (χ4n) is 1.28. The molecule has 0 heterocycles. The number of ether oxygens (including phenoxy) is 2. The Morgan fingerprint density at radius 3 is 2.69 bits per heavy atom. The molecule has 1 aromatic carbocycles. The van der Waals surface area contributed by atoms with Crippen molar-refractivity contribution in [3.8, 4) is 0 Å². The number of benzene rings is 1. The second kappa shape index (κ2) is 8.28. The predicted molar refractivity (Wildman–Crippen MR) is 65.4 cm³/mol. The summed E-state index contributed by atoms with van der Waals surface area (Å²) < 4.78 is 11.1. The Morgan fingerprint density at radius 1 is 1.25 bits per heavy atom. The second-order valence-electron chi connectivity index (χ2n) is 3.79. The molecule has 0 radical (unpaired) electrons. The Hall–Kier alpha value is -0.900. The average Bonchev–Trinajstić information content (AvgIpc) is 2.33. The van der Waals surface area contributed by atoms with Gasteiger partial charge in [-0.25, -0.2) is 0 Å². The Bertz CT molecular complexity index is 264. The van der Waals surface area contributed by atoms with Gasteiger partial charge in [-0.3, -0.25) is 0 Å². The summed E-state index contributed by atoms with van der Waals surface area (Å²) in [6, 6.07) is 10.2. The van der Waals surface area contributed by atoms with Crippen molar-refractivity contribution >= 4 is 0 Å². The van der Waals surface area contributed by atoms with Crippen molar-refractivity contribution in [1.29, 1.82) is 0 Å². The largest absolute Gasteiger partial charge is 0.377 e. The van der Waals surface area contributed by atoms with Crippen LogP contribution in [-0.2, 0) is 16.1 Å². The molecule has 1 rings (SSSR count). The molecule has 0 aromatic heterocycles. The van der Waals surface area contributed by atoms with Gasteiger partial charge in [0.2, 0.25) is 0 Å². The number of hydrogen-bond acceptors (Lipinski definition) is 3. The molecule has 0 bridgehead atoms. The maximum Gasteiger partial charge on any atom is 0.0785 e. The van der Waals surface area contributed by atoms with Crippen molar-refractivity contribution in [1.82, 2.24) is 5.32 Å². The lowest BCUT2D eigenvalue weighted by atomic mass is 10.2. The van der Waals surface area contributed by atoms with Crippen LogP contribution in [0.25, 0.3) is 0 Å². The number of likely N-dealkylation sites (N-methyl/N-ethyl adjacent to an activating group) is 1.